The van der Waals surface area contributed by atoms with Gasteiger partial charge in [0.15, 0.2) is 0 Å². The van der Waals surface area contributed by atoms with Crippen molar-refractivity contribution in [2.75, 3.05) is 11.4 Å². The Morgan fingerprint density at radius 3 is 3.00 bits per heavy atom. The van der Waals surface area contributed by atoms with Gasteiger partial charge in [-0.05, 0) is 26.2 Å². The Bertz CT molecular complexity index is 336. The highest BCUT2D eigenvalue weighted by molar-refractivity contribution is 7.09. The molecule has 2 atom stereocenters. The minimum atomic E-state index is 0.203. The van der Waals surface area contributed by atoms with Crippen molar-refractivity contribution in [1.29, 1.82) is 0 Å². The molecule has 1 aromatic heterocycles. The van der Waals surface area contributed by atoms with Gasteiger partial charge in [-0.15, -0.1) is 0 Å². The maximum Gasteiger partial charge on any atom is 0.205 e. The van der Waals surface area contributed by atoms with E-state index in [1.807, 2.05) is 0 Å². The summed E-state index contributed by atoms with van der Waals surface area (Å²) in [6.45, 7) is 5.25. The summed E-state index contributed by atoms with van der Waals surface area (Å²) in [5, 5.41) is 1.05. The van der Waals surface area contributed by atoms with Crippen LogP contribution in [0.3, 0.4) is 0 Å². The van der Waals surface area contributed by atoms with Gasteiger partial charge in [0.1, 0.15) is 5.82 Å². The molecule has 2 N–H and O–H groups in total. The first kappa shape index (κ1) is 11.8. The molecule has 1 fully saturated rings. The molecular weight excluding hydrogens is 220 g/mol. The summed E-state index contributed by atoms with van der Waals surface area (Å²) in [4.78, 5) is 6.92. The van der Waals surface area contributed by atoms with E-state index < -0.39 is 0 Å². The van der Waals surface area contributed by atoms with E-state index in [4.69, 9.17) is 5.73 Å². The minimum Gasteiger partial charge on any atom is -0.342 e. The summed E-state index contributed by atoms with van der Waals surface area (Å²) in [7, 11) is 0. The van der Waals surface area contributed by atoms with E-state index in [0.717, 1.165) is 23.9 Å². The molecule has 5 heteroatoms. The zero-order chi connectivity index (χ0) is 11.5. The van der Waals surface area contributed by atoms with Crippen LogP contribution >= 0.6 is 11.5 Å². The molecule has 4 nitrogen and oxygen atoms in total. The van der Waals surface area contributed by atoms with Crippen molar-refractivity contribution < 1.29 is 0 Å². The van der Waals surface area contributed by atoms with E-state index in [0.29, 0.717) is 6.04 Å². The predicted octanol–water partition coefficient (Wildman–Crippen LogP) is 1.81. The van der Waals surface area contributed by atoms with Gasteiger partial charge in [0.05, 0.1) is 0 Å². The largest absolute Gasteiger partial charge is 0.342 e. The fourth-order valence-electron chi connectivity index (χ4n) is 2.25. The van der Waals surface area contributed by atoms with Gasteiger partial charge >= 0.3 is 0 Å². The van der Waals surface area contributed by atoms with E-state index in [1.165, 1.54) is 30.8 Å². The van der Waals surface area contributed by atoms with Gasteiger partial charge in [0, 0.05) is 36.6 Å². The van der Waals surface area contributed by atoms with Crippen LogP contribution in [-0.4, -0.2) is 28.0 Å². The van der Waals surface area contributed by atoms with Crippen LogP contribution in [0.4, 0.5) is 5.13 Å². The van der Waals surface area contributed by atoms with Crippen molar-refractivity contribution in [3.05, 3.63) is 5.82 Å². The van der Waals surface area contributed by atoms with Crippen LogP contribution in [-0.2, 0) is 6.42 Å². The van der Waals surface area contributed by atoms with Gasteiger partial charge < -0.3 is 10.6 Å². The molecule has 2 rings (SSSR count). The molecule has 0 saturated carbocycles. The van der Waals surface area contributed by atoms with E-state index in [-0.39, 0.29) is 6.04 Å². The smallest absolute Gasteiger partial charge is 0.205 e. The Morgan fingerprint density at radius 1 is 1.56 bits per heavy atom. The SMILES string of the molecule is CCc1nsc(N2CCCCC2C(C)N)n1. The molecule has 0 amide bonds. The monoisotopic (exact) mass is 240 g/mol. The summed E-state index contributed by atoms with van der Waals surface area (Å²) < 4.78 is 4.35. The van der Waals surface area contributed by atoms with Crippen molar-refractivity contribution in [2.45, 2.75) is 51.6 Å². The third-order valence-corrected chi connectivity index (χ3v) is 3.97. The number of aromatic nitrogens is 2. The van der Waals surface area contributed by atoms with Gasteiger partial charge in [-0.1, -0.05) is 6.92 Å². The van der Waals surface area contributed by atoms with Crippen LogP contribution in [0.25, 0.3) is 0 Å². The molecule has 1 aromatic rings. The van der Waals surface area contributed by atoms with Gasteiger partial charge in [0.25, 0.3) is 0 Å². The second-order valence-electron chi connectivity index (χ2n) is 4.46. The zero-order valence-corrected chi connectivity index (χ0v) is 10.8. The van der Waals surface area contributed by atoms with Crippen molar-refractivity contribution in [1.82, 2.24) is 9.36 Å². The lowest BCUT2D eigenvalue weighted by Gasteiger charge is -2.37. The molecule has 16 heavy (non-hydrogen) atoms. The van der Waals surface area contributed by atoms with Crippen molar-refractivity contribution in [2.24, 2.45) is 5.73 Å². The summed E-state index contributed by atoms with van der Waals surface area (Å²) >= 11 is 1.51. The fraction of sp³-hybridized carbons (Fsp3) is 0.818. The standard InChI is InChI=1S/C11H20N4S/c1-3-10-13-11(16-14-10)15-7-5-4-6-9(15)8(2)12/h8-9H,3-7,12H2,1-2H3. The minimum absolute atomic E-state index is 0.203. The first-order chi connectivity index (χ1) is 7.72. The van der Waals surface area contributed by atoms with E-state index in [2.05, 4.69) is 28.1 Å². The Balaban J connectivity index is 2.16. The highest BCUT2D eigenvalue weighted by atomic mass is 32.1. The average molecular weight is 240 g/mol. The molecule has 1 saturated heterocycles. The van der Waals surface area contributed by atoms with Gasteiger partial charge in [0.2, 0.25) is 5.13 Å². The molecule has 90 valence electrons. The molecule has 0 radical (unpaired) electrons. The topological polar surface area (TPSA) is 55.0 Å². The average Bonchev–Trinajstić information content (AvgIpc) is 2.77. The Labute approximate surface area is 101 Å². The highest BCUT2D eigenvalue weighted by Crippen LogP contribution is 2.27. The van der Waals surface area contributed by atoms with Crippen LogP contribution in [0, 0.1) is 0 Å². The summed E-state index contributed by atoms with van der Waals surface area (Å²) in [6.07, 6.45) is 4.61. The third-order valence-electron chi connectivity index (χ3n) is 3.18. The van der Waals surface area contributed by atoms with Crippen LogP contribution in [0.5, 0.6) is 0 Å². The second kappa shape index (κ2) is 5.10. The number of nitrogens with zero attached hydrogens (tertiary/aromatic N) is 3. The van der Waals surface area contributed by atoms with Crippen molar-refractivity contribution in [3.8, 4) is 0 Å². The zero-order valence-electron chi connectivity index (χ0n) is 10.0. The summed E-state index contributed by atoms with van der Waals surface area (Å²) in [5.74, 6) is 0.953. The van der Waals surface area contributed by atoms with E-state index in [9.17, 15) is 0 Å². The van der Waals surface area contributed by atoms with Crippen LogP contribution in [0.2, 0.25) is 0 Å². The number of hydrogen-bond donors (Lipinski definition) is 1. The lowest BCUT2D eigenvalue weighted by Crippen LogP contribution is -2.49. The molecule has 1 aliphatic rings. The molecule has 2 unspecified atom stereocenters. The van der Waals surface area contributed by atoms with Crippen molar-refractivity contribution in [3.63, 3.8) is 0 Å². The fourth-order valence-corrected chi connectivity index (χ4v) is 3.08. The third kappa shape index (κ3) is 2.35. The molecule has 0 spiro atoms. The number of aryl methyl sites for hydroxylation is 1. The molecular formula is C11H20N4S. The van der Waals surface area contributed by atoms with Crippen LogP contribution in [0.15, 0.2) is 0 Å². The normalized spacial score (nSPS) is 23.4. The quantitative estimate of drug-likeness (QED) is 0.875. The number of rotatable bonds is 3. The lowest BCUT2D eigenvalue weighted by molar-refractivity contribution is 0.413. The molecule has 1 aliphatic heterocycles. The van der Waals surface area contributed by atoms with Crippen molar-refractivity contribution >= 4 is 16.7 Å². The molecule has 0 bridgehead atoms. The molecule has 0 aromatic carbocycles. The molecule has 0 aliphatic carbocycles. The Morgan fingerprint density at radius 2 is 2.38 bits per heavy atom. The Hall–Kier alpha value is -0.680. The number of anilines is 1. The number of hydrogen-bond acceptors (Lipinski definition) is 5. The van der Waals surface area contributed by atoms with Gasteiger partial charge in [-0.2, -0.15) is 4.37 Å². The van der Waals surface area contributed by atoms with E-state index in [1.54, 1.807) is 0 Å². The maximum absolute atomic E-state index is 6.05. The number of nitrogens with two attached hydrogens (primary N) is 1. The molecule has 2 heterocycles. The van der Waals surface area contributed by atoms with Gasteiger partial charge in [-0.3, -0.25) is 0 Å². The lowest BCUT2D eigenvalue weighted by atomic mass is 9.98. The predicted molar refractivity (Wildman–Crippen MR) is 67.9 cm³/mol. The van der Waals surface area contributed by atoms with Crippen LogP contribution < -0.4 is 10.6 Å². The first-order valence-electron chi connectivity index (χ1n) is 6.07. The second-order valence-corrected chi connectivity index (χ2v) is 5.19. The summed E-state index contributed by atoms with van der Waals surface area (Å²) in [5.41, 5.74) is 6.05. The van der Waals surface area contributed by atoms with E-state index >= 15 is 0 Å². The maximum atomic E-state index is 6.05. The van der Waals surface area contributed by atoms with Crippen LogP contribution in [0.1, 0.15) is 38.9 Å². The first-order valence-corrected chi connectivity index (χ1v) is 6.84. The highest BCUT2D eigenvalue weighted by Gasteiger charge is 2.27. The Kier molecular flexibility index (Phi) is 3.76. The summed E-state index contributed by atoms with van der Waals surface area (Å²) in [6, 6.07) is 0.640. The number of piperidine rings is 1. The van der Waals surface area contributed by atoms with Gasteiger partial charge in [-0.25, -0.2) is 4.98 Å².